The van der Waals surface area contributed by atoms with Crippen LogP contribution in [0.3, 0.4) is 0 Å². The van der Waals surface area contributed by atoms with Gasteiger partial charge in [0.2, 0.25) is 5.91 Å². The van der Waals surface area contributed by atoms with Crippen LogP contribution in [0.25, 0.3) is 0 Å². The van der Waals surface area contributed by atoms with Crippen molar-refractivity contribution in [3.8, 4) is 5.75 Å². The summed E-state index contributed by atoms with van der Waals surface area (Å²) in [7, 11) is 0. The van der Waals surface area contributed by atoms with Crippen LogP contribution in [0.2, 0.25) is 0 Å². The van der Waals surface area contributed by atoms with E-state index in [0.29, 0.717) is 50.0 Å². The molecule has 0 unspecified atom stereocenters. The standard InChI is InChI=1S/C35H39F2N3O4/c1-2-23-17-25-29(20-35(13-7-14-35)44-32(25)19-27(23)37)38-21-31(41)28(16-22-8-4-3-5-9-22)39-34(43)24-11-12-26(36)30(18-24)40-15-6-10-33(40)42/h3-5,8-9,11-12,17-19,28-29,31,38,41H,2,6-7,10,13-16,20-21H2,1H3,(H,39,43)/t28-,29-,31+/m0/s1. The van der Waals surface area contributed by atoms with Crippen LogP contribution in [-0.2, 0) is 17.6 Å². The molecule has 3 aromatic carbocycles. The molecule has 2 aliphatic heterocycles. The third-order valence-electron chi connectivity index (χ3n) is 9.33. The molecule has 2 fully saturated rings. The highest BCUT2D eigenvalue weighted by atomic mass is 19.1. The van der Waals surface area contributed by atoms with E-state index in [1.54, 1.807) is 0 Å². The van der Waals surface area contributed by atoms with Crippen molar-refractivity contribution in [1.82, 2.24) is 10.6 Å². The largest absolute Gasteiger partial charge is 0.487 e. The van der Waals surface area contributed by atoms with Crippen molar-refractivity contribution in [2.75, 3.05) is 18.0 Å². The monoisotopic (exact) mass is 603 g/mol. The average Bonchev–Trinajstić information content (AvgIpc) is 3.44. The van der Waals surface area contributed by atoms with Gasteiger partial charge in [-0.1, -0.05) is 37.3 Å². The summed E-state index contributed by atoms with van der Waals surface area (Å²) in [6, 6.07) is 16.1. The number of hydrogen-bond donors (Lipinski definition) is 3. The molecular formula is C35H39F2N3O4. The van der Waals surface area contributed by atoms with E-state index >= 15 is 0 Å². The van der Waals surface area contributed by atoms with Gasteiger partial charge in [0.05, 0.1) is 17.8 Å². The van der Waals surface area contributed by atoms with Gasteiger partial charge in [-0.2, -0.15) is 0 Å². The number of hydrogen-bond acceptors (Lipinski definition) is 5. The number of aryl methyl sites for hydroxylation is 1. The number of anilines is 1. The van der Waals surface area contributed by atoms with Crippen molar-refractivity contribution in [2.24, 2.45) is 0 Å². The minimum Gasteiger partial charge on any atom is -0.487 e. The number of rotatable bonds is 10. The van der Waals surface area contributed by atoms with Crippen LogP contribution < -0.4 is 20.3 Å². The van der Waals surface area contributed by atoms with Crippen LogP contribution in [0.15, 0.2) is 60.7 Å². The Kier molecular flexibility index (Phi) is 8.69. The SMILES string of the molecule is CCc1cc2c(cc1F)OC1(CCC1)C[C@@H]2NC[C@@H](O)[C@H](Cc1ccccc1)NC(=O)c1ccc(F)c(N2CCCC2=O)c1. The number of benzene rings is 3. The first kappa shape index (κ1) is 30.2. The average molecular weight is 604 g/mol. The Bertz CT molecular complexity index is 1530. The molecule has 3 aromatic rings. The van der Waals surface area contributed by atoms with E-state index in [2.05, 4.69) is 10.6 Å². The second-order valence-electron chi connectivity index (χ2n) is 12.3. The van der Waals surface area contributed by atoms with Gasteiger partial charge in [-0.15, -0.1) is 0 Å². The van der Waals surface area contributed by atoms with Crippen LogP contribution in [0.5, 0.6) is 5.75 Å². The molecule has 1 aliphatic carbocycles. The summed E-state index contributed by atoms with van der Waals surface area (Å²) in [5.41, 5.74) is 2.41. The summed E-state index contributed by atoms with van der Waals surface area (Å²) in [6.07, 6.45) is 4.51. The number of aliphatic hydroxyl groups excluding tert-OH is 1. The molecule has 1 saturated heterocycles. The maximum Gasteiger partial charge on any atom is 0.251 e. The van der Waals surface area contributed by atoms with Crippen LogP contribution >= 0.6 is 0 Å². The molecule has 6 rings (SSSR count). The van der Waals surface area contributed by atoms with E-state index in [-0.39, 0.29) is 41.2 Å². The molecule has 232 valence electrons. The zero-order valence-electron chi connectivity index (χ0n) is 25.0. The summed E-state index contributed by atoms with van der Waals surface area (Å²) in [6.45, 7) is 2.50. The molecule has 2 amide bonds. The van der Waals surface area contributed by atoms with Crippen molar-refractivity contribution in [3.05, 3.63) is 94.6 Å². The zero-order valence-corrected chi connectivity index (χ0v) is 25.0. The normalized spacial score (nSPS) is 20.0. The minimum absolute atomic E-state index is 0.0907. The molecule has 3 N–H and O–H groups in total. The molecule has 1 spiro atoms. The van der Waals surface area contributed by atoms with Gasteiger partial charge in [-0.25, -0.2) is 8.78 Å². The summed E-state index contributed by atoms with van der Waals surface area (Å²) in [5, 5.41) is 18.0. The quantitative estimate of drug-likeness (QED) is 0.289. The molecule has 1 saturated carbocycles. The van der Waals surface area contributed by atoms with Crippen LogP contribution in [0, 0.1) is 11.6 Å². The van der Waals surface area contributed by atoms with Crippen molar-refractivity contribution in [3.63, 3.8) is 0 Å². The van der Waals surface area contributed by atoms with Crippen molar-refractivity contribution < 1.29 is 28.2 Å². The summed E-state index contributed by atoms with van der Waals surface area (Å²) >= 11 is 0. The first-order valence-corrected chi connectivity index (χ1v) is 15.6. The molecule has 0 aromatic heterocycles. The van der Waals surface area contributed by atoms with Gasteiger partial charge < -0.3 is 25.4 Å². The number of nitrogens with zero attached hydrogens (tertiary/aromatic N) is 1. The lowest BCUT2D eigenvalue weighted by atomic mass is 9.72. The van der Waals surface area contributed by atoms with Gasteiger partial charge in [0, 0.05) is 49.2 Å². The van der Waals surface area contributed by atoms with E-state index in [0.717, 1.165) is 30.4 Å². The summed E-state index contributed by atoms with van der Waals surface area (Å²) in [4.78, 5) is 27.1. The fraction of sp³-hybridized carbons (Fsp3) is 0.429. The third-order valence-corrected chi connectivity index (χ3v) is 9.33. The highest BCUT2D eigenvalue weighted by Gasteiger charge is 2.46. The smallest absolute Gasteiger partial charge is 0.251 e. The molecule has 0 bridgehead atoms. The Morgan fingerprint density at radius 3 is 2.57 bits per heavy atom. The van der Waals surface area contributed by atoms with Gasteiger partial charge in [-0.3, -0.25) is 9.59 Å². The van der Waals surface area contributed by atoms with Gasteiger partial charge in [-0.05, 0) is 73.9 Å². The Morgan fingerprint density at radius 1 is 1.09 bits per heavy atom. The number of carbonyl (C=O) groups is 2. The lowest BCUT2D eigenvalue weighted by Gasteiger charge is -2.48. The number of aliphatic hydroxyl groups is 1. The van der Waals surface area contributed by atoms with Crippen molar-refractivity contribution in [1.29, 1.82) is 0 Å². The number of fused-ring (bicyclic) bond motifs is 1. The molecule has 7 nitrogen and oxygen atoms in total. The third kappa shape index (κ3) is 6.21. The van der Waals surface area contributed by atoms with Gasteiger partial charge in [0.1, 0.15) is 23.0 Å². The summed E-state index contributed by atoms with van der Waals surface area (Å²) < 4.78 is 35.7. The second kappa shape index (κ2) is 12.7. The predicted molar refractivity (Wildman–Crippen MR) is 164 cm³/mol. The number of nitrogens with one attached hydrogen (secondary N) is 2. The summed E-state index contributed by atoms with van der Waals surface area (Å²) in [5.74, 6) is -0.919. The maximum atomic E-state index is 14.7. The van der Waals surface area contributed by atoms with E-state index in [1.807, 2.05) is 43.3 Å². The van der Waals surface area contributed by atoms with Gasteiger partial charge >= 0.3 is 0 Å². The van der Waals surface area contributed by atoms with E-state index in [9.17, 15) is 23.5 Å². The lowest BCUT2D eigenvalue weighted by Crippen LogP contribution is -2.52. The predicted octanol–water partition coefficient (Wildman–Crippen LogP) is 5.39. The topological polar surface area (TPSA) is 90.9 Å². The van der Waals surface area contributed by atoms with Crippen LogP contribution in [-0.4, -0.2) is 47.8 Å². The molecular weight excluding hydrogens is 564 g/mol. The molecule has 3 atom stereocenters. The number of ether oxygens (including phenoxy) is 1. The lowest BCUT2D eigenvalue weighted by molar-refractivity contribution is -0.117. The molecule has 44 heavy (non-hydrogen) atoms. The number of halogens is 2. The molecule has 9 heteroatoms. The first-order chi connectivity index (χ1) is 21.2. The number of carbonyl (C=O) groups excluding carboxylic acids is 2. The minimum atomic E-state index is -0.978. The Balaban J connectivity index is 1.21. The molecule has 2 heterocycles. The first-order valence-electron chi connectivity index (χ1n) is 15.6. The highest BCUT2D eigenvalue weighted by molar-refractivity contribution is 5.99. The Labute approximate surface area is 256 Å². The fourth-order valence-corrected chi connectivity index (χ4v) is 6.64. The second-order valence-corrected chi connectivity index (χ2v) is 12.3. The van der Waals surface area contributed by atoms with E-state index in [1.165, 1.54) is 29.2 Å². The maximum absolute atomic E-state index is 14.7. The Morgan fingerprint density at radius 2 is 1.89 bits per heavy atom. The molecule has 3 aliphatic rings. The number of amides is 2. The van der Waals surface area contributed by atoms with E-state index in [4.69, 9.17) is 4.74 Å². The van der Waals surface area contributed by atoms with Crippen LogP contribution in [0.4, 0.5) is 14.5 Å². The van der Waals surface area contributed by atoms with Crippen molar-refractivity contribution >= 4 is 17.5 Å². The molecule has 0 radical (unpaired) electrons. The van der Waals surface area contributed by atoms with Crippen molar-refractivity contribution in [2.45, 2.75) is 82.1 Å². The zero-order chi connectivity index (χ0) is 30.8. The van der Waals surface area contributed by atoms with Gasteiger partial charge in [0.15, 0.2) is 0 Å². The van der Waals surface area contributed by atoms with Crippen LogP contribution in [0.1, 0.15) is 78.5 Å². The fourth-order valence-electron chi connectivity index (χ4n) is 6.64. The van der Waals surface area contributed by atoms with Gasteiger partial charge in [0.25, 0.3) is 5.91 Å². The van der Waals surface area contributed by atoms with E-state index < -0.39 is 23.9 Å². The highest BCUT2D eigenvalue weighted by Crippen LogP contribution is 2.49. The Hall–Kier alpha value is -3.82.